The SMILES string of the molecule is CC1CCN(S(=O)(=O)c2cnn(C)c2)C1CO. The average molecular weight is 259 g/mol. The van der Waals surface area contributed by atoms with Crippen molar-refractivity contribution < 1.29 is 13.5 Å². The summed E-state index contributed by atoms with van der Waals surface area (Å²) in [6, 6.07) is -0.319. The van der Waals surface area contributed by atoms with Crippen LogP contribution < -0.4 is 0 Å². The Balaban J connectivity index is 2.33. The first-order valence-electron chi connectivity index (χ1n) is 5.58. The van der Waals surface area contributed by atoms with Gasteiger partial charge in [-0.25, -0.2) is 8.42 Å². The lowest BCUT2D eigenvalue weighted by Crippen LogP contribution is -2.39. The van der Waals surface area contributed by atoms with E-state index in [9.17, 15) is 13.5 Å². The minimum atomic E-state index is -3.52. The summed E-state index contributed by atoms with van der Waals surface area (Å²) in [5, 5.41) is 13.2. The molecule has 1 aliphatic heterocycles. The van der Waals surface area contributed by atoms with Gasteiger partial charge in [-0.1, -0.05) is 6.92 Å². The molecule has 1 aromatic rings. The van der Waals surface area contributed by atoms with Gasteiger partial charge in [0.05, 0.1) is 18.8 Å². The van der Waals surface area contributed by atoms with E-state index in [1.54, 1.807) is 7.05 Å². The van der Waals surface area contributed by atoms with E-state index < -0.39 is 10.0 Å². The Morgan fingerprint density at radius 1 is 1.59 bits per heavy atom. The van der Waals surface area contributed by atoms with Crippen LogP contribution in [-0.2, 0) is 17.1 Å². The molecule has 1 aliphatic rings. The van der Waals surface area contributed by atoms with E-state index in [1.165, 1.54) is 21.4 Å². The van der Waals surface area contributed by atoms with Crippen molar-refractivity contribution in [2.75, 3.05) is 13.2 Å². The smallest absolute Gasteiger partial charge is 0.246 e. The highest BCUT2D eigenvalue weighted by Gasteiger charge is 2.39. The number of hydrogen-bond acceptors (Lipinski definition) is 4. The van der Waals surface area contributed by atoms with Crippen LogP contribution in [0.4, 0.5) is 0 Å². The number of hydrogen-bond donors (Lipinski definition) is 1. The summed E-state index contributed by atoms with van der Waals surface area (Å²) in [5.74, 6) is 0.187. The zero-order valence-electron chi connectivity index (χ0n) is 9.94. The summed E-state index contributed by atoms with van der Waals surface area (Å²) in [7, 11) is -1.85. The van der Waals surface area contributed by atoms with Gasteiger partial charge in [0.25, 0.3) is 0 Å². The molecular weight excluding hydrogens is 242 g/mol. The molecular formula is C10H17N3O3S. The highest BCUT2D eigenvalue weighted by Crippen LogP contribution is 2.29. The van der Waals surface area contributed by atoms with Crippen LogP contribution in [0.1, 0.15) is 13.3 Å². The lowest BCUT2D eigenvalue weighted by molar-refractivity contribution is 0.191. The third-order valence-electron chi connectivity index (χ3n) is 3.31. The molecule has 96 valence electrons. The van der Waals surface area contributed by atoms with Crippen LogP contribution >= 0.6 is 0 Å². The molecule has 2 atom stereocenters. The van der Waals surface area contributed by atoms with Crippen molar-refractivity contribution in [3.05, 3.63) is 12.4 Å². The first-order valence-corrected chi connectivity index (χ1v) is 7.02. The van der Waals surface area contributed by atoms with E-state index in [4.69, 9.17) is 0 Å². The predicted molar refractivity (Wildman–Crippen MR) is 61.8 cm³/mol. The van der Waals surface area contributed by atoms with Crippen LogP contribution in [-0.4, -0.2) is 46.8 Å². The Labute approximate surface area is 101 Å². The Bertz CT molecular complexity index is 497. The number of aliphatic hydroxyl groups excluding tert-OH is 1. The fraction of sp³-hybridized carbons (Fsp3) is 0.700. The molecule has 0 radical (unpaired) electrons. The van der Waals surface area contributed by atoms with Crippen molar-refractivity contribution in [2.24, 2.45) is 13.0 Å². The van der Waals surface area contributed by atoms with Crippen LogP contribution in [0.2, 0.25) is 0 Å². The largest absolute Gasteiger partial charge is 0.395 e. The van der Waals surface area contributed by atoms with Gasteiger partial charge >= 0.3 is 0 Å². The van der Waals surface area contributed by atoms with Crippen molar-refractivity contribution in [1.29, 1.82) is 0 Å². The van der Waals surface area contributed by atoms with Crippen LogP contribution in [0, 0.1) is 5.92 Å². The maximum Gasteiger partial charge on any atom is 0.246 e. The van der Waals surface area contributed by atoms with E-state index >= 15 is 0 Å². The summed E-state index contributed by atoms with van der Waals surface area (Å²) in [5.41, 5.74) is 0. The number of aryl methyl sites for hydroxylation is 1. The molecule has 0 saturated carbocycles. The van der Waals surface area contributed by atoms with Gasteiger partial charge < -0.3 is 5.11 Å². The van der Waals surface area contributed by atoms with E-state index in [0.717, 1.165) is 6.42 Å². The third-order valence-corrected chi connectivity index (χ3v) is 5.18. The fourth-order valence-corrected chi connectivity index (χ4v) is 3.92. The van der Waals surface area contributed by atoms with Gasteiger partial charge in [-0.15, -0.1) is 0 Å². The fourth-order valence-electron chi connectivity index (χ4n) is 2.21. The Morgan fingerprint density at radius 2 is 2.29 bits per heavy atom. The lowest BCUT2D eigenvalue weighted by atomic mass is 10.0. The molecule has 7 heteroatoms. The topological polar surface area (TPSA) is 75.4 Å². The molecule has 6 nitrogen and oxygen atoms in total. The molecule has 2 heterocycles. The molecule has 0 bridgehead atoms. The zero-order chi connectivity index (χ0) is 12.6. The standard InChI is InChI=1S/C10H17N3O3S/c1-8-3-4-13(10(8)7-14)17(15,16)9-5-11-12(2)6-9/h5-6,8,10,14H,3-4,7H2,1-2H3. The summed E-state index contributed by atoms with van der Waals surface area (Å²) >= 11 is 0. The second kappa shape index (κ2) is 4.40. The van der Waals surface area contributed by atoms with Crippen molar-refractivity contribution in [2.45, 2.75) is 24.3 Å². The van der Waals surface area contributed by atoms with Gasteiger partial charge in [0.15, 0.2) is 0 Å². The molecule has 1 fully saturated rings. The maximum absolute atomic E-state index is 12.3. The first kappa shape index (κ1) is 12.5. The average Bonchev–Trinajstić information content (AvgIpc) is 2.84. The van der Waals surface area contributed by atoms with Crippen LogP contribution in [0.15, 0.2) is 17.3 Å². The molecule has 0 aliphatic carbocycles. The molecule has 0 spiro atoms. The minimum Gasteiger partial charge on any atom is -0.395 e. The molecule has 0 aromatic carbocycles. The zero-order valence-corrected chi connectivity index (χ0v) is 10.8. The van der Waals surface area contributed by atoms with E-state index in [-0.39, 0.29) is 23.5 Å². The number of nitrogens with zero attached hydrogens (tertiary/aromatic N) is 3. The van der Waals surface area contributed by atoms with Crippen LogP contribution in [0.5, 0.6) is 0 Å². The van der Waals surface area contributed by atoms with Crippen molar-refractivity contribution >= 4 is 10.0 Å². The normalized spacial score (nSPS) is 26.5. The lowest BCUT2D eigenvalue weighted by Gasteiger charge is -2.23. The quantitative estimate of drug-likeness (QED) is 0.816. The van der Waals surface area contributed by atoms with Crippen LogP contribution in [0.25, 0.3) is 0 Å². The van der Waals surface area contributed by atoms with Gasteiger partial charge in [0.1, 0.15) is 4.90 Å². The highest BCUT2D eigenvalue weighted by molar-refractivity contribution is 7.89. The van der Waals surface area contributed by atoms with Crippen LogP contribution in [0.3, 0.4) is 0 Å². The second-order valence-corrected chi connectivity index (χ2v) is 6.37. The summed E-state index contributed by atoms with van der Waals surface area (Å²) < 4.78 is 27.5. The van der Waals surface area contributed by atoms with Gasteiger partial charge in [-0.3, -0.25) is 4.68 Å². The maximum atomic E-state index is 12.3. The van der Waals surface area contributed by atoms with Crippen molar-refractivity contribution in [3.8, 4) is 0 Å². The highest BCUT2D eigenvalue weighted by atomic mass is 32.2. The number of sulfonamides is 1. The van der Waals surface area contributed by atoms with Gasteiger partial charge in [-0.2, -0.15) is 9.40 Å². The van der Waals surface area contributed by atoms with Gasteiger partial charge in [-0.05, 0) is 12.3 Å². The van der Waals surface area contributed by atoms with E-state index in [1.807, 2.05) is 6.92 Å². The van der Waals surface area contributed by atoms with Crippen molar-refractivity contribution in [1.82, 2.24) is 14.1 Å². The summed E-state index contributed by atoms with van der Waals surface area (Å²) in [6.45, 7) is 2.28. The Morgan fingerprint density at radius 3 is 2.82 bits per heavy atom. The Hall–Kier alpha value is -0.920. The number of rotatable bonds is 3. The number of aromatic nitrogens is 2. The minimum absolute atomic E-state index is 0.138. The molecule has 1 aromatic heterocycles. The van der Waals surface area contributed by atoms with Gasteiger partial charge in [0, 0.05) is 19.8 Å². The third kappa shape index (κ3) is 2.10. The molecule has 1 saturated heterocycles. The molecule has 17 heavy (non-hydrogen) atoms. The van der Waals surface area contributed by atoms with E-state index in [0.29, 0.717) is 6.54 Å². The summed E-state index contributed by atoms with van der Waals surface area (Å²) in [4.78, 5) is 0.188. The van der Waals surface area contributed by atoms with E-state index in [2.05, 4.69) is 5.10 Å². The first-order chi connectivity index (χ1) is 7.96. The predicted octanol–water partition coefficient (Wildman–Crippen LogP) is -0.189. The molecule has 1 N–H and O–H groups in total. The summed E-state index contributed by atoms with van der Waals surface area (Å²) in [6.07, 6.45) is 3.60. The number of aliphatic hydroxyl groups is 1. The van der Waals surface area contributed by atoms with Crippen molar-refractivity contribution in [3.63, 3.8) is 0 Å². The molecule has 2 unspecified atom stereocenters. The monoisotopic (exact) mass is 259 g/mol. The second-order valence-electron chi connectivity index (χ2n) is 4.48. The molecule has 0 amide bonds. The molecule has 2 rings (SSSR count). The Kier molecular flexibility index (Phi) is 3.24. The van der Waals surface area contributed by atoms with Gasteiger partial charge in [0.2, 0.25) is 10.0 Å².